The van der Waals surface area contributed by atoms with Gasteiger partial charge < -0.3 is 0 Å². The van der Waals surface area contributed by atoms with Gasteiger partial charge in [-0.25, -0.2) is 0 Å². The second kappa shape index (κ2) is 8.56. The molecule has 0 saturated heterocycles. The van der Waals surface area contributed by atoms with Crippen LogP contribution in [0.25, 0.3) is 16.0 Å². The second-order valence-electron chi connectivity index (χ2n) is 8.32. The maximum atomic E-state index is 13.3. The van der Waals surface area contributed by atoms with Crippen LogP contribution in [0.3, 0.4) is 0 Å². The Kier molecular flexibility index (Phi) is 5.61. The van der Waals surface area contributed by atoms with Crippen molar-refractivity contribution in [1.82, 2.24) is 19.2 Å². The molecule has 0 aliphatic heterocycles. The third-order valence-corrected chi connectivity index (χ3v) is 7.51. The molecule has 32 heavy (non-hydrogen) atoms. The molecule has 0 bridgehead atoms. The van der Waals surface area contributed by atoms with Gasteiger partial charge in [-0.1, -0.05) is 79.7 Å². The highest BCUT2D eigenvalue weighted by Crippen LogP contribution is 2.27. The van der Waals surface area contributed by atoms with Crippen molar-refractivity contribution in [1.29, 1.82) is 0 Å². The summed E-state index contributed by atoms with van der Waals surface area (Å²) in [4.78, 5) is 13.3. The molecule has 3 heterocycles. The van der Waals surface area contributed by atoms with Gasteiger partial charge in [0.2, 0.25) is 5.78 Å². The first-order valence-corrected chi connectivity index (χ1v) is 12.5. The van der Waals surface area contributed by atoms with Gasteiger partial charge in [0.15, 0.2) is 5.16 Å². The van der Waals surface area contributed by atoms with Crippen LogP contribution < -0.4 is 5.56 Å². The number of thioether (sulfide) groups is 1. The SMILES string of the molecule is Cc1cccc(CSc2nnc3n(Cc4ccc(C(C)C)cc4)c(=O)c4sccc4n23)c1. The summed E-state index contributed by atoms with van der Waals surface area (Å²) in [5.41, 5.74) is 5.71. The van der Waals surface area contributed by atoms with Gasteiger partial charge >= 0.3 is 0 Å². The molecule has 0 aliphatic rings. The summed E-state index contributed by atoms with van der Waals surface area (Å²) < 4.78 is 4.50. The number of thiophene rings is 1. The Bertz CT molecular complexity index is 1460. The Balaban J connectivity index is 1.56. The van der Waals surface area contributed by atoms with Crippen molar-refractivity contribution >= 4 is 39.1 Å². The van der Waals surface area contributed by atoms with Gasteiger partial charge in [0.05, 0.1) is 12.1 Å². The molecule has 0 fully saturated rings. The molecule has 7 heteroatoms. The predicted molar refractivity (Wildman–Crippen MR) is 133 cm³/mol. The van der Waals surface area contributed by atoms with E-state index in [1.165, 1.54) is 28.0 Å². The Morgan fingerprint density at radius 1 is 1.03 bits per heavy atom. The fraction of sp³-hybridized carbons (Fsp3) is 0.240. The standard InChI is InChI=1S/C25H24N4OS2/c1-16(2)20-9-7-18(8-10-20)14-28-23(30)22-21(11-12-31-22)29-24(28)26-27-25(29)32-15-19-6-4-5-17(3)13-19/h4-13,16H,14-15H2,1-3H3. The van der Waals surface area contributed by atoms with Gasteiger partial charge in [-0.3, -0.25) is 13.8 Å². The molecule has 5 aromatic rings. The first kappa shape index (κ1) is 21.0. The van der Waals surface area contributed by atoms with Crippen molar-refractivity contribution in [2.24, 2.45) is 0 Å². The molecule has 0 saturated carbocycles. The smallest absolute Gasteiger partial charge is 0.271 e. The zero-order valence-electron chi connectivity index (χ0n) is 18.3. The lowest BCUT2D eigenvalue weighted by Gasteiger charge is -2.11. The summed E-state index contributed by atoms with van der Waals surface area (Å²) in [5, 5.41) is 11.7. The molecule has 0 spiro atoms. The third kappa shape index (κ3) is 3.87. The molecular formula is C25H24N4OS2. The van der Waals surface area contributed by atoms with Gasteiger partial charge in [0, 0.05) is 5.75 Å². The van der Waals surface area contributed by atoms with Gasteiger partial charge in [-0.05, 0) is 41.0 Å². The minimum Gasteiger partial charge on any atom is -0.271 e. The fourth-order valence-electron chi connectivity index (χ4n) is 3.88. The lowest BCUT2D eigenvalue weighted by molar-refractivity contribution is 0.764. The average molecular weight is 461 g/mol. The quantitative estimate of drug-likeness (QED) is 0.297. The predicted octanol–water partition coefficient (Wildman–Crippen LogP) is 5.88. The first-order valence-electron chi connectivity index (χ1n) is 10.6. The number of aryl methyl sites for hydroxylation is 1. The summed E-state index contributed by atoms with van der Waals surface area (Å²) in [6.45, 7) is 6.93. The molecule has 0 N–H and O–H groups in total. The molecule has 2 aromatic carbocycles. The summed E-state index contributed by atoms with van der Waals surface area (Å²) >= 11 is 3.11. The molecule has 5 rings (SSSR count). The molecule has 0 aliphatic carbocycles. The van der Waals surface area contributed by atoms with E-state index in [9.17, 15) is 4.79 Å². The molecular weight excluding hydrogens is 436 g/mol. The highest BCUT2D eigenvalue weighted by atomic mass is 32.2. The number of rotatable bonds is 6. The monoisotopic (exact) mass is 460 g/mol. The largest absolute Gasteiger partial charge is 0.273 e. The van der Waals surface area contributed by atoms with E-state index in [-0.39, 0.29) is 5.56 Å². The zero-order valence-corrected chi connectivity index (χ0v) is 19.9. The number of benzene rings is 2. The van der Waals surface area contributed by atoms with Crippen LogP contribution >= 0.6 is 23.1 Å². The van der Waals surface area contributed by atoms with E-state index in [0.29, 0.717) is 18.2 Å². The fourth-order valence-corrected chi connectivity index (χ4v) is 5.58. The van der Waals surface area contributed by atoms with E-state index in [0.717, 1.165) is 26.7 Å². The molecule has 0 radical (unpaired) electrons. The van der Waals surface area contributed by atoms with Crippen LogP contribution in [0, 0.1) is 6.92 Å². The zero-order chi connectivity index (χ0) is 22.2. The first-order chi connectivity index (χ1) is 15.5. The number of aromatic nitrogens is 4. The minimum atomic E-state index is -0.0157. The Morgan fingerprint density at radius 2 is 1.84 bits per heavy atom. The van der Waals surface area contributed by atoms with Crippen molar-refractivity contribution in [3.63, 3.8) is 0 Å². The highest BCUT2D eigenvalue weighted by molar-refractivity contribution is 7.98. The Morgan fingerprint density at radius 3 is 2.59 bits per heavy atom. The maximum absolute atomic E-state index is 13.3. The van der Waals surface area contributed by atoms with Crippen LogP contribution in [0.1, 0.15) is 42.0 Å². The van der Waals surface area contributed by atoms with Crippen LogP contribution in [-0.4, -0.2) is 19.2 Å². The Hall–Kier alpha value is -2.90. The van der Waals surface area contributed by atoms with Crippen molar-refractivity contribution in [2.75, 3.05) is 0 Å². The lowest BCUT2D eigenvalue weighted by atomic mass is 10.0. The molecule has 5 nitrogen and oxygen atoms in total. The molecule has 0 amide bonds. The van der Waals surface area contributed by atoms with Crippen LogP contribution in [0.15, 0.2) is 69.9 Å². The second-order valence-corrected chi connectivity index (χ2v) is 10.2. The summed E-state index contributed by atoms with van der Waals surface area (Å²) in [6.07, 6.45) is 0. The van der Waals surface area contributed by atoms with Gasteiger partial charge in [0.25, 0.3) is 5.56 Å². The highest BCUT2D eigenvalue weighted by Gasteiger charge is 2.18. The van der Waals surface area contributed by atoms with Crippen molar-refractivity contribution in [3.05, 3.63) is 92.6 Å². The van der Waals surface area contributed by atoms with Crippen molar-refractivity contribution in [3.8, 4) is 0 Å². The average Bonchev–Trinajstić information content (AvgIpc) is 3.43. The number of nitrogens with zero attached hydrogens (tertiary/aromatic N) is 4. The maximum Gasteiger partial charge on any atom is 0.273 e. The van der Waals surface area contributed by atoms with E-state index in [1.807, 2.05) is 15.8 Å². The Labute approximate surface area is 194 Å². The molecule has 0 unspecified atom stereocenters. The molecule has 162 valence electrons. The number of hydrogen-bond acceptors (Lipinski definition) is 5. The van der Waals surface area contributed by atoms with Crippen molar-refractivity contribution < 1.29 is 0 Å². The summed E-state index contributed by atoms with van der Waals surface area (Å²) in [6, 6.07) is 18.9. The van der Waals surface area contributed by atoms with E-state index in [4.69, 9.17) is 0 Å². The van der Waals surface area contributed by atoms with E-state index in [2.05, 4.69) is 79.5 Å². The van der Waals surface area contributed by atoms with Gasteiger partial charge in [-0.2, -0.15) is 0 Å². The van der Waals surface area contributed by atoms with Gasteiger partial charge in [-0.15, -0.1) is 21.5 Å². The third-order valence-electron chi connectivity index (χ3n) is 5.62. The van der Waals surface area contributed by atoms with Crippen molar-refractivity contribution in [2.45, 2.75) is 44.1 Å². The van der Waals surface area contributed by atoms with E-state index < -0.39 is 0 Å². The van der Waals surface area contributed by atoms with Crippen LogP contribution in [-0.2, 0) is 12.3 Å². The van der Waals surface area contributed by atoms with E-state index in [1.54, 1.807) is 16.3 Å². The molecule has 0 atom stereocenters. The topological polar surface area (TPSA) is 52.2 Å². The molecule has 3 aromatic heterocycles. The van der Waals surface area contributed by atoms with Gasteiger partial charge in [0.1, 0.15) is 4.70 Å². The van der Waals surface area contributed by atoms with Crippen LogP contribution in [0.5, 0.6) is 0 Å². The van der Waals surface area contributed by atoms with Crippen LogP contribution in [0.4, 0.5) is 0 Å². The minimum absolute atomic E-state index is 0.0157. The summed E-state index contributed by atoms with van der Waals surface area (Å²) in [7, 11) is 0. The normalized spacial score (nSPS) is 11.8. The summed E-state index contributed by atoms with van der Waals surface area (Å²) in [5.74, 6) is 1.86. The van der Waals surface area contributed by atoms with Crippen LogP contribution in [0.2, 0.25) is 0 Å². The number of fused-ring (bicyclic) bond motifs is 3. The lowest BCUT2D eigenvalue weighted by Crippen LogP contribution is -2.23. The van der Waals surface area contributed by atoms with E-state index >= 15 is 0 Å². The number of hydrogen-bond donors (Lipinski definition) is 0.